The third kappa shape index (κ3) is 3.38. The number of aromatic nitrogens is 1. The van der Waals surface area contributed by atoms with Crippen molar-refractivity contribution >= 4 is 0 Å². The van der Waals surface area contributed by atoms with E-state index in [1.807, 2.05) is 0 Å². The Morgan fingerprint density at radius 1 is 1.50 bits per heavy atom. The van der Waals surface area contributed by atoms with Crippen molar-refractivity contribution in [1.29, 1.82) is 0 Å². The van der Waals surface area contributed by atoms with Crippen molar-refractivity contribution in [2.75, 3.05) is 6.54 Å². The molecule has 1 heterocycles. The van der Waals surface area contributed by atoms with Gasteiger partial charge in [-0.05, 0) is 32.9 Å². The minimum Gasteiger partial charge on any atom is -0.351 e. The van der Waals surface area contributed by atoms with Crippen LogP contribution in [0.1, 0.15) is 26.5 Å². The molecule has 0 aliphatic heterocycles. The minimum atomic E-state index is 0.949. The zero-order chi connectivity index (χ0) is 10.4. The quantitative estimate of drug-likeness (QED) is 0.560. The van der Waals surface area contributed by atoms with Gasteiger partial charge in [-0.25, -0.2) is 0 Å². The normalized spacial score (nSPS) is 10.2. The van der Waals surface area contributed by atoms with Gasteiger partial charge in [-0.2, -0.15) is 0 Å². The Bertz CT molecular complexity index is 293. The number of rotatable bonds is 5. The molecule has 0 aromatic carbocycles. The van der Waals surface area contributed by atoms with Gasteiger partial charge in [-0.3, -0.25) is 0 Å². The smallest absolute Gasteiger partial charge is 0.0362 e. The molecule has 78 valence electrons. The zero-order valence-corrected chi connectivity index (χ0v) is 9.38. The summed E-state index contributed by atoms with van der Waals surface area (Å²) in [6.07, 6.45) is 4.33. The molecule has 0 bridgehead atoms. The number of nitrogens with zero attached hydrogens (tertiary/aromatic N) is 1. The number of allylic oxidation sites excluding steroid dienone is 1. The minimum absolute atomic E-state index is 0.949. The Balaban J connectivity index is 2.34. The first-order valence-corrected chi connectivity index (χ1v) is 5.22. The monoisotopic (exact) mass is 192 g/mol. The average Bonchev–Trinajstić information content (AvgIpc) is 2.59. The van der Waals surface area contributed by atoms with Crippen LogP contribution in [0.2, 0.25) is 0 Å². The third-order valence-corrected chi connectivity index (χ3v) is 2.22. The van der Waals surface area contributed by atoms with Gasteiger partial charge in [0.2, 0.25) is 0 Å². The van der Waals surface area contributed by atoms with Crippen molar-refractivity contribution in [3.63, 3.8) is 0 Å². The van der Waals surface area contributed by atoms with E-state index >= 15 is 0 Å². The SMILES string of the molecule is CCn1cccc1CNCC=C(C)C. The van der Waals surface area contributed by atoms with Gasteiger partial charge in [-0.15, -0.1) is 0 Å². The lowest BCUT2D eigenvalue weighted by atomic mass is 10.3. The second-order valence-corrected chi connectivity index (χ2v) is 3.70. The first-order valence-electron chi connectivity index (χ1n) is 5.22. The van der Waals surface area contributed by atoms with E-state index in [-0.39, 0.29) is 0 Å². The summed E-state index contributed by atoms with van der Waals surface area (Å²) in [5.41, 5.74) is 2.72. The molecule has 0 saturated carbocycles. The Kier molecular flexibility index (Phi) is 4.47. The number of nitrogens with one attached hydrogen (secondary N) is 1. The van der Waals surface area contributed by atoms with E-state index in [2.05, 4.69) is 55.1 Å². The van der Waals surface area contributed by atoms with Gasteiger partial charge in [0.15, 0.2) is 0 Å². The summed E-state index contributed by atoms with van der Waals surface area (Å²) in [6, 6.07) is 4.26. The van der Waals surface area contributed by atoms with Gasteiger partial charge in [0.1, 0.15) is 0 Å². The number of aryl methyl sites for hydroxylation is 1. The van der Waals surface area contributed by atoms with Gasteiger partial charge in [0, 0.05) is 31.5 Å². The Morgan fingerprint density at radius 2 is 2.29 bits per heavy atom. The molecule has 1 rings (SSSR count). The van der Waals surface area contributed by atoms with Crippen molar-refractivity contribution in [3.05, 3.63) is 35.7 Å². The van der Waals surface area contributed by atoms with Crippen molar-refractivity contribution < 1.29 is 0 Å². The Labute approximate surface area is 86.6 Å². The van der Waals surface area contributed by atoms with Crippen LogP contribution in [0.4, 0.5) is 0 Å². The van der Waals surface area contributed by atoms with Crippen molar-refractivity contribution in [1.82, 2.24) is 9.88 Å². The molecular weight excluding hydrogens is 172 g/mol. The average molecular weight is 192 g/mol. The molecule has 1 aromatic rings. The molecule has 0 unspecified atom stereocenters. The third-order valence-electron chi connectivity index (χ3n) is 2.22. The molecule has 0 radical (unpaired) electrons. The maximum absolute atomic E-state index is 3.40. The van der Waals surface area contributed by atoms with Crippen LogP contribution in [0.5, 0.6) is 0 Å². The molecule has 0 amide bonds. The fourth-order valence-electron chi connectivity index (χ4n) is 1.39. The molecule has 0 aliphatic carbocycles. The van der Waals surface area contributed by atoms with Crippen LogP contribution >= 0.6 is 0 Å². The highest BCUT2D eigenvalue weighted by Crippen LogP contribution is 2.01. The van der Waals surface area contributed by atoms with E-state index in [9.17, 15) is 0 Å². The standard InChI is InChI=1S/C12H20N2/c1-4-14-9-5-6-12(14)10-13-8-7-11(2)3/h5-7,9,13H,4,8,10H2,1-3H3. The summed E-state index contributed by atoms with van der Waals surface area (Å²) < 4.78 is 2.26. The predicted molar refractivity (Wildman–Crippen MR) is 61.2 cm³/mol. The Hall–Kier alpha value is -1.02. The molecule has 0 atom stereocenters. The number of hydrogen-bond donors (Lipinski definition) is 1. The summed E-state index contributed by atoms with van der Waals surface area (Å²) in [5, 5.41) is 3.40. The van der Waals surface area contributed by atoms with Gasteiger partial charge >= 0.3 is 0 Å². The summed E-state index contributed by atoms with van der Waals surface area (Å²) in [7, 11) is 0. The van der Waals surface area contributed by atoms with Crippen molar-refractivity contribution in [2.24, 2.45) is 0 Å². The molecule has 1 N–H and O–H groups in total. The second-order valence-electron chi connectivity index (χ2n) is 3.70. The lowest BCUT2D eigenvalue weighted by Crippen LogP contribution is -2.15. The van der Waals surface area contributed by atoms with E-state index in [4.69, 9.17) is 0 Å². The highest BCUT2D eigenvalue weighted by Gasteiger charge is 1.96. The molecule has 0 fully saturated rings. The molecule has 2 heteroatoms. The predicted octanol–water partition coefficient (Wildman–Crippen LogP) is 2.56. The maximum Gasteiger partial charge on any atom is 0.0362 e. The molecule has 0 spiro atoms. The fourth-order valence-corrected chi connectivity index (χ4v) is 1.39. The maximum atomic E-state index is 3.40. The summed E-state index contributed by atoms with van der Waals surface area (Å²) in [6.45, 7) is 9.36. The summed E-state index contributed by atoms with van der Waals surface area (Å²) in [5.74, 6) is 0. The van der Waals surface area contributed by atoms with Crippen LogP contribution in [0.15, 0.2) is 30.0 Å². The molecule has 0 saturated heterocycles. The van der Waals surface area contributed by atoms with Crippen LogP contribution in [-0.4, -0.2) is 11.1 Å². The van der Waals surface area contributed by atoms with Gasteiger partial charge < -0.3 is 9.88 Å². The van der Waals surface area contributed by atoms with Gasteiger partial charge in [0.25, 0.3) is 0 Å². The van der Waals surface area contributed by atoms with Crippen LogP contribution in [-0.2, 0) is 13.1 Å². The summed E-state index contributed by atoms with van der Waals surface area (Å²) in [4.78, 5) is 0. The molecule has 0 aliphatic rings. The van der Waals surface area contributed by atoms with E-state index in [0.29, 0.717) is 0 Å². The lowest BCUT2D eigenvalue weighted by molar-refractivity contribution is 0.657. The zero-order valence-electron chi connectivity index (χ0n) is 9.38. The van der Waals surface area contributed by atoms with Crippen molar-refractivity contribution in [2.45, 2.75) is 33.9 Å². The topological polar surface area (TPSA) is 17.0 Å². The van der Waals surface area contributed by atoms with E-state index in [1.165, 1.54) is 11.3 Å². The fraction of sp³-hybridized carbons (Fsp3) is 0.500. The summed E-state index contributed by atoms with van der Waals surface area (Å²) >= 11 is 0. The second kappa shape index (κ2) is 5.66. The molecule has 1 aromatic heterocycles. The van der Waals surface area contributed by atoms with Crippen LogP contribution in [0.25, 0.3) is 0 Å². The van der Waals surface area contributed by atoms with Crippen LogP contribution in [0, 0.1) is 0 Å². The van der Waals surface area contributed by atoms with Gasteiger partial charge in [-0.1, -0.05) is 11.6 Å². The van der Waals surface area contributed by atoms with Crippen molar-refractivity contribution in [3.8, 4) is 0 Å². The number of hydrogen-bond acceptors (Lipinski definition) is 1. The highest BCUT2D eigenvalue weighted by atomic mass is 15.0. The molecule has 2 nitrogen and oxygen atoms in total. The molecular formula is C12H20N2. The largest absolute Gasteiger partial charge is 0.351 e. The van der Waals surface area contributed by atoms with E-state index in [0.717, 1.165) is 19.6 Å². The first kappa shape index (κ1) is 11.1. The highest BCUT2D eigenvalue weighted by molar-refractivity contribution is 5.07. The van der Waals surface area contributed by atoms with E-state index in [1.54, 1.807) is 0 Å². The lowest BCUT2D eigenvalue weighted by Gasteiger charge is -2.06. The van der Waals surface area contributed by atoms with Crippen LogP contribution in [0.3, 0.4) is 0 Å². The van der Waals surface area contributed by atoms with Crippen LogP contribution < -0.4 is 5.32 Å². The first-order chi connectivity index (χ1) is 6.74. The van der Waals surface area contributed by atoms with E-state index < -0.39 is 0 Å². The van der Waals surface area contributed by atoms with Gasteiger partial charge in [0.05, 0.1) is 0 Å². The Morgan fingerprint density at radius 3 is 2.93 bits per heavy atom. The molecule has 14 heavy (non-hydrogen) atoms.